The van der Waals surface area contributed by atoms with E-state index in [1.54, 1.807) is 18.2 Å². The fourth-order valence-electron chi connectivity index (χ4n) is 2.33. The number of urea groups is 1. The van der Waals surface area contributed by atoms with Crippen molar-refractivity contribution in [1.82, 2.24) is 5.32 Å². The molecule has 0 saturated heterocycles. The fraction of sp³-hybridized carbons (Fsp3) is 0.421. The summed E-state index contributed by atoms with van der Waals surface area (Å²) < 4.78 is 10.9. The molecule has 0 radical (unpaired) electrons. The first-order valence-corrected chi connectivity index (χ1v) is 8.46. The zero-order valence-electron chi connectivity index (χ0n) is 14.9. The van der Waals surface area contributed by atoms with Crippen LogP contribution in [0.1, 0.15) is 39.1 Å². The van der Waals surface area contributed by atoms with Crippen LogP contribution >= 0.6 is 0 Å². The number of aliphatic hydroxyl groups is 1. The number of benzene rings is 1. The van der Waals surface area contributed by atoms with Crippen LogP contribution in [0.5, 0.6) is 5.75 Å². The molecule has 3 N–H and O–H groups in total. The first kappa shape index (κ1) is 18.9. The number of carbonyl (C=O) groups excluding carboxylic acids is 1. The van der Waals surface area contributed by atoms with Crippen LogP contribution in [0.2, 0.25) is 0 Å². The van der Waals surface area contributed by atoms with Gasteiger partial charge in [0.15, 0.2) is 0 Å². The number of rotatable bonds is 8. The molecule has 0 aliphatic heterocycles. The van der Waals surface area contributed by atoms with Crippen LogP contribution in [-0.4, -0.2) is 23.8 Å². The first-order chi connectivity index (χ1) is 12.0. The van der Waals surface area contributed by atoms with Gasteiger partial charge in [0, 0.05) is 12.5 Å². The SMILES string of the molecule is CC(C)COc1ccccc1NC(=O)NC(C)CC(O)c1ccco1. The molecule has 25 heavy (non-hydrogen) atoms. The summed E-state index contributed by atoms with van der Waals surface area (Å²) in [4.78, 5) is 12.2. The molecule has 136 valence electrons. The Labute approximate surface area is 148 Å². The number of carbonyl (C=O) groups is 1. The van der Waals surface area contributed by atoms with Gasteiger partial charge in [-0.05, 0) is 37.1 Å². The Kier molecular flexibility index (Phi) is 6.89. The molecular formula is C19H26N2O4. The third-order valence-corrected chi connectivity index (χ3v) is 3.53. The van der Waals surface area contributed by atoms with Crippen molar-refractivity contribution in [3.8, 4) is 5.75 Å². The second-order valence-electron chi connectivity index (χ2n) is 6.47. The van der Waals surface area contributed by atoms with Gasteiger partial charge >= 0.3 is 6.03 Å². The third kappa shape index (κ3) is 6.15. The van der Waals surface area contributed by atoms with Crippen LogP contribution in [0.3, 0.4) is 0 Å². The van der Waals surface area contributed by atoms with Crippen molar-refractivity contribution in [2.24, 2.45) is 5.92 Å². The molecule has 1 aromatic carbocycles. The number of anilines is 1. The van der Waals surface area contributed by atoms with Crippen molar-refractivity contribution >= 4 is 11.7 Å². The number of hydrogen-bond acceptors (Lipinski definition) is 4. The highest BCUT2D eigenvalue weighted by atomic mass is 16.5. The van der Waals surface area contributed by atoms with E-state index in [-0.39, 0.29) is 12.1 Å². The Bertz CT molecular complexity index is 655. The summed E-state index contributed by atoms with van der Waals surface area (Å²) >= 11 is 0. The predicted molar refractivity (Wildman–Crippen MR) is 96.7 cm³/mol. The lowest BCUT2D eigenvalue weighted by atomic mass is 10.1. The van der Waals surface area contributed by atoms with Gasteiger partial charge in [-0.2, -0.15) is 0 Å². The highest BCUT2D eigenvalue weighted by Gasteiger charge is 2.17. The van der Waals surface area contributed by atoms with Gasteiger partial charge in [-0.1, -0.05) is 26.0 Å². The third-order valence-electron chi connectivity index (χ3n) is 3.53. The number of aliphatic hydroxyl groups excluding tert-OH is 1. The van der Waals surface area contributed by atoms with E-state index in [4.69, 9.17) is 9.15 Å². The van der Waals surface area contributed by atoms with E-state index in [1.165, 1.54) is 6.26 Å². The van der Waals surface area contributed by atoms with Crippen molar-refractivity contribution < 1.29 is 19.1 Å². The Morgan fingerprint density at radius 1 is 1.20 bits per heavy atom. The van der Waals surface area contributed by atoms with Crippen molar-refractivity contribution in [1.29, 1.82) is 0 Å². The number of ether oxygens (including phenoxy) is 1. The molecular weight excluding hydrogens is 320 g/mol. The Morgan fingerprint density at radius 3 is 2.64 bits per heavy atom. The summed E-state index contributed by atoms with van der Waals surface area (Å²) in [6.45, 7) is 6.53. The van der Waals surface area contributed by atoms with E-state index in [0.717, 1.165) is 0 Å². The topological polar surface area (TPSA) is 83.7 Å². The quantitative estimate of drug-likeness (QED) is 0.676. The highest BCUT2D eigenvalue weighted by Crippen LogP contribution is 2.24. The fourth-order valence-corrected chi connectivity index (χ4v) is 2.33. The summed E-state index contributed by atoms with van der Waals surface area (Å²) in [5.41, 5.74) is 0.611. The van der Waals surface area contributed by atoms with Crippen molar-refractivity contribution in [3.05, 3.63) is 48.4 Å². The first-order valence-electron chi connectivity index (χ1n) is 8.46. The van der Waals surface area contributed by atoms with E-state index < -0.39 is 6.10 Å². The van der Waals surface area contributed by atoms with Gasteiger partial charge in [-0.15, -0.1) is 0 Å². The van der Waals surface area contributed by atoms with Gasteiger partial charge in [0.2, 0.25) is 0 Å². The normalized spacial score (nSPS) is 13.3. The molecule has 6 nitrogen and oxygen atoms in total. The molecule has 1 aromatic heterocycles. The highest BCUT2D eigenvalue weighted by molar-refractivity contribution is 5.91. The van der Waals surface area contributed by atoms with Gasteiger partial charge in [0.05, 0.1) is 18.6 Å². The minimum absolute atomic E-state index is 0.233. The second kappa shape index (κ2) is 9.13. The number of para-hydroxylation sites is 2. The number of amides is 2. The molecule has 2 rings (SSSR count). The molecule has 0 saturated carbocycles. The van der Waals surface area contributed by atoms with E-state index in [9.17, 15) is 9.90 Å². The minimum Gasteiger partial charge on any atom is -0.491 e. The standard InChI is InChI=1S/C19H26N2O4/c1-13(2)12-25-17-8-5-4-7-15(17)21-19(23)20-14(3)11-16(22)18-9-6-10-24-18/h4-10,13-14,16,22H,11-12H2,1-3H3,(H2,20,21,23). The van der Waals surface area contributed by atoms with Gasteiger partial charge in [0.1, 0.15) is 17.6 Å². The molecule has 2 amide bonds. The van der Waals surface area contributed by atoms with E-state index in [1.807, 2.05) is 25.1 Å². The maximum atomic E-state index is 12.2. The molecule has 0 aliphatic carbocycles. The van der Waals surface area contributed by atoms with Crippen molar-refractivity contribution in [2.75, 3.05) is 11.9 Å². The summed E-state index contributed by atoms with van der Waals surface area (Å²) in [7, 11) is 0. The van der Waals surface area contributed by atoms with Crippen LogP contribution < -0.4 is 15.4 Å². The van der Waals surface area contributed by atoms with Gasteiger partial charge in [-0.3, -0.25) is 0 Å². The summed E-state index contributed by atoms with van der Waals surface area (Å²) in [5.74, 6) is 1.51. The van der Waals surface area contributed by atoms with Crippen molar-refractivity contribution in [2.45, 2.75) is 39.3 Å². The molecule has 0 aliphatic rings. The smallest absolute Gasteiger partial charge is 0.319 e. The number of furan rings is 1. The van der Waals surface area contributed by atoms with Crippen LogP contribution in [0.15, 0.2) is 47.1 Å². The molecule has 0 fully saturated rings. The predicted octanol–water partition coefficient (Wildman–Crippen LogP) is 3.95. The molecule has 2 atom stereocenters. The Morgan fingerprint density at radius 2 is 1.96 bits per heavy atom. The Balaban J connectivity index is 1.87. The molecule has 0 bridgehead atoms. The Hall–Kier alpha value is -2.47. The maximum Gasteiger partial charge on any atom is 0.319 e. The number of hydrogen-bond donors (Lipinski definition) is 3. The van der Waals surface area contributed by atoms with E-state index in [2.05, 4.69) is 24.5 Å². The lowest BCUT2D eigenvalue weighted by Gasteiger charge is -2.18. The molecule has 1 heterocycles. The van der Waals surface area contributed by atoms with Gasteiger partial charge < -0.3 is 24.9 Å². The largest absolute Gasteiger partial charge is 0.491 e. The lowest BCUT2D eigenvalue weighted by Crippen LogP contribution is -2.37. The van der Waals surface area contributed by atoms with Crippen molar-refractivity contribution in [3.63, 3.8) is 0 Å². The summed E-state index contributed by atoms with van der Waals surface area (Å²) in [6, 6.07) is 10.2. The minimum atomic E-state index is -0.757. The summed E-state index contributed by atoms with van der Waals surface area (Å²) in [5, 5.41) is 15.7. The van der Waals surface area contributed by atoms with Crippen LogP contribution in [0.4, 0.5) is 10.5 Å². The monoisotopic (exact) mass is 346 g/mol. The average molecular weight is 346 g/mol. The van der Waals surface area contributed by atoms with Crippen LogP contribution in [0.25, 0.3) is 0 Å². The molecule has 0 spiro atoms. The zero-order chi connectivity index (χ0) is 18.2. The van der Waals surface area contributed by atoms with Gasteiger partial charge in [0.25, 0.3) is 0 Å². The van der Waals surface area contributed by atoms with Crippen LogP contribution in [0, 0.1) is 5.92 Å². The second-order valence-corrected chi connectivity index (χ2v) is 6.47. The zero-order valence-corrected chi connectivity index (χ0v) is 14.9. The molecule has 2 aromatic rings. The summed E-state index contributed by atoms with van der Waals surface area (Å²) in [6.07, 6.45) is 1.11. The number of nitrogens with one attached hydrogen (secondary N) is 2. The van der Waals surface area contributed by atoms with E-state index in [0.29, 0.717) is 36.1 Å². The molecule has 2 unspecified atom stereocenters. The lowest BCUT2D eigenvalue weighted by molar-refractivity contribution is 0.130. The van der Waals surface area contributed by atoms with E-state index >= 15 is 0 Å². The average Bonchev–Trinajstić information content (AvgIpc) is 3.08. The molecule has 6 heteroatoms. The maximum absolute atomic E-state index is 12.2. The van der Waals surface area contributed by atoms with Crippen LogP contribution in [-0.2, 0) is 0 Å². The van der Waals surface area contributed by atoms with Gasteiger partial charge in [-0.25, -0.2) is 4.79 Å².